The maximum atomic E-state index is 3.74. The van der Waals surface area contributed by atoms with Gasteiger partial charge < -0.3 is 5.32 Å². The highest BCUT2D eigenvalue weighted by Gasteiger charge is 2.45. The number of hydrogen-bond donors (Lipinski definition) is 1. The molecule has 0 aromatic heterocycles. The summed E-state index contributed by atoms with van der Waals surface area (Å²) in [5.74, 6) is 0. The van der Waals surface area contributed by atoms with Gasteiger partial charge >= 0.3 is 0 Å². The van der Waals surface area contributed by atoms with Crippen LogP contribution in [0.3, 0.4) is 0 Å². The van der Waals surface area contributed by atoms with Crippen LogP contribution in [0.4, 0.5) is 11.4 Å². The molecule has 0 heterocycles. The van der Waals surface area contributed by atoms with Gasteiger partial charge in [-0.25, -0.2) is 0 Å². The fourth-order valence-electron chi connectivity index (χ4n) is 8.37. The Kier molecular flexibility index (Phi) is 6.14. The molecule has 0 aliphatic heterocycles. The Morgan fingerprint density at radius 1 is 0.362 bits per heavy atom. The lowest BCUT2D eigenvalue weighted by Gasteiger charge is -2.34. The average molecular weight is 602 g/mol. The van der Waals surface area contributed by atoms with E-state index in [-0.39, 0.29) is 5.41 Å². The van der Waals surface area contributed by atoms with Crippen LogP contribution >= 0.6 is 0 Å². The molecule has 0 radical (unpaired) electrons. The SMILES string of the molecule is CC1(C)c2ccccc2-c2ccc(Nc3cccc(-c4cccc(C5(c6ccccc6)c6ccccc6-c6ccccc65)c4)c3)cc21. The van der Waals surface area contributed by atoms with Crippen molar-refractivity contribution in [2.45, 2.75) is 24.7 Å². The summed E-state index contributed by atoms with van der Waals surface area (Å²) in [5.41, 5.74) is 17.4. The largest absolute Gasteiger partial charge is 0.356 e. The third-order valence-electron chi connectivity index (χ3n) is 10.5. The molecule has 0 amide bonds. The second-order valence-corrected chi connectivity index (χ2v) is 13.4. The first kappa shape index (κ1) is 27.6. The highest BCUT2D eigenvalue weighted by molar-refractivity contribution is 5.87. The minimum atomic E-state index is -0.408. The summed E-state index contributed by atoms with van der Waals surface area (Å²) in [5, 5.41) is 3.74. The van der Waals surface area contributed by atoms with Crippen LogP contribution in [-0.4, -0.2) is 0 Å². The van der Waals surface area contributed by atoms with Gasteiger partial charge in [0, 0.05) is 16.8 Å². The molecule has 2 aliphatic rings. The van der Waals surface area contributed by atoms with Gasteiger partial charge in [-0.3, -0.25) is 0 Å². The van der Waals surface area contributed by atoms with Gasteiger partial charge in [-0.2, -0.15) is 0 Å². The van der Waals surface area contributed by atoms with Crippen molar-refractivity contribution in [2.75, 3.05) is 5.32 Å². The first-order valence-electron chi connectivity index (χ1n) is 16.5. The van der Waals surface area contributed by atoms with E-state index in [0.717, 1.165) is 11.4 Å². The van der Waals surface area contributed by atoms with Crippen molar-refractivity contribution < 1.29 is 0 Å². The van der Waals surface area contributed by atoms with E-state index in [0.29, 0.717) is 0 Å². The molecule has 1 heteroatoms. The van der Waals surface area contributed by atoms with Gasteiger partial charge in [0.25, 0.3) is 0 Å². The van der Waals surface area contributed by atoms with Crippen molar-refractivity contribution in [3.8, 4) is 33.4 Å². The zero-order valence-corrected chi connectivity index (χ0v) is 26.7. The van der Waals surface area contributed by atoms with E-state index in [1.807, 2.05) is 0 Å². The van der Waals surface area contributed by atoms with Gasteiger partial charge in [0.1, 0.15) is 0 Å². The smallest absolute Gasteiger partial charge is 0.0713 e. The predicted molar refractivity (Wildman–Crippen MR) is 196 cm³/mol. The van der Waals surface area contributed by atoms with Gasteiger partial charge in [-0.05, 0) is 97.1 Å². The van der Waals surface area contributed by atoms with Crippen LogP contribution in [0.25, 0.3) is 33.4 Å². The van der Waals surface area contributed by atoms with Crippen molar-refractivity contribution in [1.82, 2.24) is 0 Å². The van der Waals surface area contributed by atoms with Gasteiger partial charge in [-0.1, -0.05) is 153 Å². The highest BCUT2D eigenvalue weighted by Crippen LogP contribution is 2.56. The zero-order chi connectivity index (χ0) is 31.6. The van der Waals surface area contributed by atoms with Gasteiger partial charge in [0.05, 0.1) is 5.41 Å². The number of fused-ring (bicyclic) bond motifs is 6. The summed E-state index contributed by atoms with van der Waals surface area (Å²) in [6, 6.07) is 62.5. The molecule has 0 unspecified atom stereocenters. The number of rotatable bonds is 5. The quantitative estimate of drug-likeness (QED) is 0.207. The fraction of sp³-hybridized carbons (Fsp3) is 0.0870. The molecule has 7 aromatic carbocycles. The zero-order valence-electron chi connectivity index (χ0n) is 26.7. The molecule has 1 nitrogen and oxygen atoms in total. The minimum absolute atomic E-state index is 0.0297. The molecule has 9 rings (SSSR count). The normalized spacial score (nSPS) is 14.5. The summed E-state index contributed by atoms with van der Waals surface area (Å²) in [4.78, 5) is 0. The van der Waals surface area contributed by atoms with Crippen LogP contribution in [0, 0.1) is 0 Å². The predicted octanol–water partition coefficient (Wildman–Crippen LogP) is 11.8. The number of hydrogen-bond acceptors (Lipinski definition) is 1. The summed E-state index contributed by atoms with van der Waals surface area (Å²) in [6.07, 6.45) is 0. The standard InChI is InChI=1S/C46H35N/c1-45(2)41-23-9-6-20-37(41)40-27-26-36(30-44(40)45)47-35-19-13-15-32(29-35)31-14-12-18-34(28-31)46(33-16-4-3-5-17-33)42-24-10-7-21-38(42)39-22-8-11-25-43(39)46/h3-30,47H,1-2H3. The highest BCUT2D eigenvalue weighted by atomic mass is 14.9. The van der Waals surface area contributed by atoms with Crippen molar-refractivity contribution >= 4 is 11.4 Å². The maximum Gasteiger partial charge on any atom is 0.0713 e. The lowest BCUT2D eigenvalue weighted by molar-refractivity contribution is 0.660. The average Bonchev–Trinajstić information content (AvgIpc) is 3.55. The number of benzene rings is 7. The summed E-state index contributed by atoms with van der Waals surface area (Å²) < 4.78 is 0. The minimum Gasteiger partial charge on any atom is -0.356 e. The molecular weight excluding hydrogens is 567 g/mol. The van der Waals surface area contributed by atoms with E-state index in [1.165, 1.54) is 66.8 Å². The van der Waals surface area contributed by atoms with E-state index < -0.39 is 5.41 Å². The van der Waals surface area contributed by atoms with Gasteiger partial charge in [-0.15, -0.1) is 0 Å². The molecule has 0 bridgehead atoms. The maximum absolute atomic E-state index is 3.74. The molecule has 7 aromatic rings. The first-order valence-corrected chi connectivity index (χ1v) is 16.5. The molecule has 224 valence electrons. The van der Waals surface area contributed by atoms with E-state index in [1.54, 1.807) is 0 Å². The molecule has 2 aliphatic carbocycles. The Balaban J connectivity index is 1.13. The number of nitrogens with one attached hydrogen (secondary N) is 1. The molecule has 1 N–H and O–H groups in total. The second kappa shape index (κ2) is 10.4. The molecule has 0 saturated carbocycles. The Morgan fingerprint density at radius 2 is 0.872 bits per heavy atom. The summed E-state index contributed by atoms with van der Waals surface area (Å²) in [7, 11) is 0. The van der Waals surface area contributed by atoms with Crippen molar-refractivity contribution in [1.29, 1.82) is 0 Å². The lowest BCUT2D eigenvalue weighted by atomic mass is 9.67. The Labute approximate surface area is 277 Å². The van der Waals surface area contributed by atoms with Crippen LogP contribution < -0.4 is 5.32 Å². The van der Waals surface area contributed by atoms with E-state index in [4.69, 9.17) is 0 Å². The van der Waals surface area contributed by atoms with Crippen molar-refractivity contribution in [3.63, 3.8) is 0 Å². The van der Waals surface area contributed by atoms with Crippen LogP contribution in [0.5, 0.6) is 0 Å². The Bertz CT molecular complexity index is 2260. The van der Waals surface area contributed by atoms with E-state index >= 15 is 0 Å². The third kappa shape index (κ3) is 4.09. The molecule has 0 atom stereocenters. The topological polar surface area (TPSA) is 12.0 Å². The van der Waals surface area contributed by atoms with E-state index in [2.05, 4.69) is 189 Å². The molecular formula is C46H35N. The first-order chi connectivity index (χ1) is 23.0. The van der Waals surface area contributed by atoms with Gasteiger partial charge in [0.2, 0.25) is 0 Å². The fourth-order valence-corrected chi connectivity index (χ4v) is 8.37. The van der Waals surface area contributed by atoms with Crippen LogP contribution in [0.2, 0.25) is 0 Å². The second-order valence-electron chi connectivity index (χ2n) is 13.4. The van der Waals surface area contributed by atoms with Crippen molar-refractivity contribution in [2.24, 2.45) is 0 Å². The van der Waals surface area contributed by atoms with Crippen LogP contribution in [-0.2, 0) is 10.8 Å². The Morgan fingerprint density at radius 3 is 1.57 bits per heavy atom. The van der Waals surface area contributed by atoms with E-state index in [9.17, 15) is 0 Å². The number of anilines is 2. The summed E-state index contributed by atoms with van der Waals surface area (Å²) in [6.45, 7) is 4.66. The molecule has 0 saturated heterocycles. The van der Waals surface area contributed by atoms with Crippen molar-refractivity contribution in [3.05, 3.63) is 203 Å². The summed E-state index contributed by atoms with van der Waals surface area (Å²) >= 11 is 0. The Hall–Kier alpha value is -5.66. The molecule has 47 heavy (non-hydrogen) atoms. The molecule has 0 spiro atoms. The van der Waals surface area contributed by atoms with Crippen LogP contribution in [0.1, 0.15) is 47.2 Å². The van der Waals surface area contributed by atoms with Gasteiger partial charge in [0.15, 0.2) is 0 Å². The monoisotopic (exact) mass is 601 g/mol. The third-order valence-corrected chi connectivity index (χ3v) is 10.5. The lowest BCUT2D eigenvalue weighted by Crippen LogP contribution is -2.28. The van der Waals surface area contributed by atoms with Crippen LogP contribution in [0.15, 0.2) is 170 Å². The molecule has 0 fully saturated rings.